The van der Waals surface area contributed by atoms with E-state index in [0.29, 0.717) is 0 Å². The summed E-state index contributed by atoms with van der Waals surface area (Å²) in [5.41, 5.74) is 0. The number of urea groups is 1. The quantitative estimate of drug-likeness (QED) is 0.506. The topological polar surface area (TPSA) is 119 Å². The van der Waals surface area contributed by atoms with Crippen molar-refractivity contribution >= 4 is 17.9 Å². The molecule has 20 heavy (non-hydrogen) atoms. The predicted molar refractivity (Wildman–Crippen MR) is 70.1 cm³/mol. The fourth-order valence-corrected chi connectivity index (χ4v) is 1.99. The zero-order valence-electron chi connectivity index (χ0n) is 11.5. The van der Waals surface area contributed by atoms with Crippen molar-refractivity contribution in [3.8, 4) is 0 Å². The van der Waals surface area contributed by atoms with Gasteiger partial charge in [-0.1, -0.05) is 0 Å². The van der Waals surface area contributed by atoms with Crippen LogP contribution in [0.3, 0.4) is 0 Å². The number of hydrogen-bond donors (Lipinski definition) is 4. The van der Waals surface area contributed by atoms with Crippen LogP contribution in [0.1, 0.15) is 26.2 Å². The van der Waals surface area contributed by atoms with Crippen molar-refractivity contribution in [2.45, 2.75) is 38.3 Å². The number of aliphatic hydroxyl groups is 1. The van der Waals surface area contributed by atoms with Crippen LogP contribution in [0, 0.1) is 0 Å². The second-order valence-electron chi connectivity index (χ2n) is 4.79. The molecule has 0 radical (unpaired) electrons. The average molecular weight is 287 g/mol. The van der Waals surface area contributed by atoms with Crippen molar-refractivity contribution in [1.29, 1.82) is 0 Å². The molecular weight excluding hydrogens is 266 g/mol. The summed E-state index contributed by atoms with van der Waals surface area (Å²) < 4.78 is 0. The smallest absolute Gasteiger partial charge is 0.328 e. The fraction of sp³-hybridized carbons (Fsp3) is 0.750. The van der Waals surface area contributed by atoms with Gasteiger partial charge in [-0.15, -0.1) is 0 Å². The number of amides is 3. The molecule has 1 fully saturated rings. The van der Waals surface area contributed by atoms with Gasteiger partial charge in [0.15, 0.2) is 6.04 Å². The van der Waals surface area contributed by atoms with E-state index in [4.69, 9.17) is 5.11 Å². The first-order valence-electron chi connectivity index (χ1n) is 6.65. The highest BCUT2D eigenvalue weighted by molar-refractivity contribution is 5.83. The van der Waals surface area contributed by atoms with Gasteiger partial charge in [0, 0.05) is 26.1 Å². The molecule has 1 heterocycles. The van der Waals surface area contributed by atoms with Gasteiger partial charge in [0.1, 0.15) is 0 Å². The van der Waals surface area contributed by atoms with Crippen LogP contribution in [-0.2, 0) is 9.59 Å². The predicted octanol–water partition coefficient (Wildman–Crippen LogP) is -0.868. The molecule has 0 aromatic rings. The van der Waals surface area contributed by atoms with Crippen molar-refractivity contribution in [1.82, 2.24) is 15.5 Å². The lowest BCUT2D eigenvalue weighted by Crippen LogP contribution is -2.51. The van der Waals surface area contributed by atoms with Gasteiger partial charge in [-0.2, -0.15) is 0 Å². The maximum absolute atomic E-state index is 11.7. The number of rotatable bonds is 6. The Kier molecular flexibility index (Phi) is 6.23. The van der Waals surface area contributed by atoms with Crippen LogP contribution < -0.4 is 10.6 Å². The third-order valence-corrected chi connectivity index (χ3v) is 3.12. The number of likely N-dealkylation sites (tertiary alicyclic amines) is 1. The lowest BCUT2D eigenvalue weighted by atomic mass is 10.2. The molecule has 8 nitrogen and oxygen atoms in total. The molecule has 3 amide bonds. The summed E-state index contributed by atoms with van der Waals surface area (Å²) in [7, 11) is 0. The highest BCUT2D eigenvalue weighted by atomic mass is 16.4. The van der Waals surface area contributed by atoms with E-state index in [-0.39, 0.29) is 18.9 Å². The molecule has 1 aliphatic heterocycles. The summed E-state index contributed by atoms with van der Waals surface area (Å²) >= 11 is 0. The van der Waals surface area contributed by atoms with Gasteiger partial charge >= 0.3 is 12.0 Å². The summed E-state index contributed by atoms with van der Waals surface area (Å²) in [5.74, 6) is -1.34. The van der Waals surface area contributed by atoms with Gasteiger partial charge in [-0.05, 0) is 19.8 Å². The van der Waals surface area contributed by atoms with E-state index in [9.17, 15) is 19.5 Å². The molecule has 4 N–H and O–H groups in total. The highest BCUT2D eigenvalue weighted by Crippen LogP contribution is 2.08. The summed E-state index contributed by atoms with van der Waals surface area (Å²) in [5, 5.41) is 22.5. The molecule has 1 aliphatic rings. The van der Waals surface area contributed by atoms with Crippen LogP contribution in [0.15, 0.2) is 0 Å². The molecule has 0 aromatic heterocycles. The first-order valence-corrected chi connectivity index (χ1v) is 6.65. The zero-order chi connectivity index (χ0) is 15.1. The summed E-state index contributed by atoms with van der Waals surface area (Å²) in [6.07, 6.45) is 0.993. The van der Waals surface area contributed by atoms with Crippen molar-refractivity contribution in [3.05, 3.63) is 0 Å². The number of carbonyl (C=O) groups is 3. The fourth-order valence-electron chi connectivity index (χ4n) is 1.99. The van der Waals surface area contributed by atoms with E-state index in [1.165, 1.54) is 6.92 Å². The van der Waals surface area contributed by atoms with Gasteiger partial charge in [0.05, 0.1) is 6.10 Å². The Hall–Kier alpha value is -1.83. The van der Waals surface area contributed by atoms with Crippen LogP contribution in [0.5, 0.6) is 0 Å². The molecule has 114 valence electrons. The number of carboxylic acids is 1. The Morgan fingerprint density at radius 1 is 1.25 bits per heavy atom. The molecule has 2 unspecified atom stereocenters. The summed E-state index contributed by atoms with van der Waals surface area (Å²) in [6, 6.07) is -2.09. The highest BCUT2D eigenvalue weighted by Gasteiger charge is 2.25. The van der Waals surface area contributed by atoms with E-state index in [2.05, 4.69) is 10.6 Å². The van der Waals surface area contributed by atoms with E-state index < -0.39 is 24.1 Å². The number of nitrogens with one attached hydrogen (secondary N) is 2. The minimum Gasteiger partial charge on any atom is -0.480 e. The third kappa shape index (κ3) is 5.04. The molecule has 2 atom stereocenters. The monoisotopic (exact) mass is 287 g/mol. The molecule has 1 rings (SSSR count). The van der Waals surface area contributed by atoms with Crippen molar-refractivity contribution < 1.29 is 24.6 Å². The van der Waals surface area contributed by atoms with E-state index in [1.807, 2.05) is 0 Å². The number of nitrogens with zero attached hydrogens (tertiary/aromatic N) is 1. The molecule has 0 aliphatic carbocycles. The normalized spacial score (nSPS) is 17.4. The van der Waals surface area contributed by atoms with Crippen molar-refractivity contribution in [2.75, 3.05) is 19.6 Å². The Morgan fingerprint density at radius 2 is 1.85 bits per heavy atom. The zero-order valence-corrected chi connectivity index (χ0v) is 11.5. The molecule has 1 saturated heterocycles. The molecular formula is C12H21N3O5. The molecule has 0 bridgehead atoms. The maximum atomic E-state index is 11.7. The van der Waals surface area contributed by atoms with Gasteiger partial charge < -0.3 is 25.7 Å². The van der Waals surface area contributed by atoms with Gasteiger partial charge in [0.2, 0.25) is 5.91 Å². The van der Waals surface area contributed by atoms with E-state index in [0.717, 1.165) is 25.9 Å². The number of aliphatic hydroxyl groups excluding tert-OH is 1. The van der Waals surface area contributed by atoms with Crippen LogP contribution in [-0.4, -0.2) is 64.8 Å². The summed E-state index contributed by atoms with van der Waals surface area (Å²) in [6.45, 7) is 2.92. The number of carboxylic acid groups (broad SMARTS) is 1. The third-order valence-electron chi connectivity index (χ3n) is 3.12. The maximum Gasteiger partial charge on any atom is 0.328 e. The lowest BCUT2D eigenvalue weighted by Gasteiger charge is -2.18. The van der Waals surface area contributed by atoms with Crippen molar-refractivity contribution in [3.63, 3.8) is 0 Å². The first-order chi connectivity index (χ1) is 9.41. The minimum absolute atomic E-state index is 0.0203. The van der Waals surface area contributed by atoms with Crippen LogP contribution in [0.2, 0.25) is 0 Å². The molecule has 0 aromatic carbocycles. The van der Waals surface area contributed by atoms with Gasteiger partial charge in [0.25, 0.3) is 0 Å². The Balaban J connectivity index is 2.25. The van der Waals surface area contributed by atoms with Crippen LogP contribution >= 0.6 is 0 Å². The SMILES string of the molecule is CC(O)C(NC(=O)NCCC(=O)N1CCCC1)C(=O)O. The largest absolute Gasteiger partial charge is 0.480 e. The van der Waals surface area contributed by atoms with Crippen LogP contribution in [0.25, 0.3) is 0 Å². The Labute approximate surface area is 117 Å². The molecule has 8 heteroatoms. The Bertz CT molecular complexity index is 366. The minimum atomic E-state index is -1.37. The summed E-state index contributed by atoms with van der Waals surface area (Å²) in [4.78, 5) is 35.6. The first kappa shape index (κ1) is 16.2. The van der Waals surface area contributed by atoms with E-state index in [1.54, 1.807) is 4.90 Å². The molecule has 0 spiro atoms. The number of carbonyl (C=O) groups excluding carboxylic acids is 2. The van der Waals surface area contributed by atoms with Crippen molar-refractivity contribution in [2.24, 2.45) is 0 Å². The van der Waals surface area contributed by atoms with E-state index >= 15 is 0 Å². The van der Waals surface area contributed by atoms with Gasteiger partial charge in [-0.3, -0.25) is 4.79 Å². The molecule has 0 saturated carbocycles. The number of aliphatic carboxylic acids is 1. The van der Waals surface area contributed by atoms with Crippen LogP contribution in [0.4, 0.5) is 4.79 Å². The second-order valence-corrected chi connectivity index (χ2v) is 4.79. The van der Waals surface area contributed by atoms with Gasteiger partial charge in [-0.25, -0.2) is 9.59 Å². The second kappa shape index (κ2) is 7.68. The Morgan fingerprint density at radius 3 is 2.35 bits per heavy atom. The average Bonchev–Trinajstić information content (AvgIpc) is 2.88. The number of hydrogen-bond acceptors (Lipinski definition) is 4. The standard InChI is InChI=1S/C12H21N3O5/c1-8(16)10(11(18)19)14-12(20)13-5-4-9(17)15-6-2-3-7-15/h8,10,16H,2-7H2,1H3,(H,18,19)(H2,13,14,20). The lowest BCUT2D eigenvalue weighted by molar-refractivity contribution is -0.141.